The number of phosphoric acid groups is 2. The van der Waals surface area contributed by atoms with Gasteiger partial charge in [0.15, 0.2) is 12.2 Å². The Kier molecular flexibility index (Phi) is 67.1. The fourth-order valence-corrected chi connectivity index (χ4v) is 13.5. The van der Waals surface area contributed by atoms with Gasteiger partial charge in [0.05, 0.1) is 26.4 Å². The molecule has 3 N–H and O–H groups in total. The van der Waals surface area contributed by atoms with Gasteiger partial charge in [-0.15, -0.1) is 0 Å². The SMILES string of the molecule is CCCCCCCCCCCCCCCCCCCCC(=O)OC[C@H](COP(=O)(O)OC[C@@H](O)COP(=O)(O)OC[C@@H](COC(=O)CCCCCCCCCC(C)C)OC(=O)CCCCCCCCCC(C)C)OC(=O)CCCCCCCCCCCCCCCCCCC(C)C. The van der Waals surface area contributed by atoms with E-state index in [1.165, 1.54) is 205 Å². The third-order valence-corrected chi connectivity index (χ3v) is 20.0. The normalized spacial score (nSPS) is 14.0. The summed E-state index contributed by atoms with van der Waals surface area (Å²) < 4.78 is 68.5. The molecule has 5 atom stereocenters. The zero-order valence-electron chi connectivity index (χ0n) is 63.5. The Hall–Kier alpha value is -1.94. The first kappa shape index (κ1) is 95.1. The van der Waals surface area contributed by atoms with Gasteiger partial charge in [0, 0.05) is 25.7 Å². The second-order valence-electron chi connectivity index (χ2n) is 29.5. The number of aliphatic hydroxyl groups excluding tert-OH is 1. The number of hydrogen-bond acceptors (Lipinski definition) is 15. The average Bonchev–Trinajstić information content (AvgIpc) is 1.61. The summed E-state index contributed by atoms with van der Waals surface area (Å²) in [4.78, 5) is 72.8. The fourth-order valence-electron chi connectivity index (χ4n) is 12.0. The van der Waals surface area contributed by atoms with E-state index in [1.54, 1.807) is 0 Å². The smallest absolute Gasteiger partial charge is 0.462 e. The first-order valence-electron chi connectivity index (χ1n) is 40.3. The number of ether oxygens (including phenoxy) is 4. The quantitative estimate of drug-likeness (QED) is 0.0222. The van der Waals surface area contributed by atoms with Gasteiger partial charge in [-0.25, -0.2) is 9.13 Å². The van der Waals surface area contributed by atoms with E-state index >= 15 is 0 Å². The Balaban J connectivity index is 5.21. The highest BCUT2D eigenvalue weighted by molar-refractivity contribution is 7.47. The lowest BCUT2D eigenvalue weighted by molar-refractivity contribution is -0.161. The Labute approximate surface area is 594 Å². The number of rotatable bonds is 76. The van der Waals surface area contributed by atoms with Gasteiger partial charge in [0.2, 0.25) is 0 Å². The molecule has 17 nitrogen and oxygen atoms in total. The maximum absolute atomic E-state index is 13.1. The van der Waals surface area contributed by atoms with E-state index in [4.69, 9.17) is 37.0 Å². The zero-order valence-corrected chi connectivity index (χ0v) is 65.3. The molecule has 576 valence electrons. The van der Waals surface area contributed by atoms with E-state index in [1.807, 2.05) is 0 Å². The summed E-state index contributed by atoms with van der Waals surface area (Å²) in [5.41, 5.74) is 0. The van der Waals surface area contributed by atoms with Crippen LogP contribution in [0.4, 0.5) is 0 Å². The van der Waals surface area contributed by atoms with Crippen LogP contribution in [0.3, 0.4) is 0 Å². The Morgan fingerprint density at radius 1 is 0.278 bits per heavy atom. The first-order chi connectivity index (χ1) is 46.7. The third kappa shape index (κ3) is 72.2. The maximum atomic E-state index is 13.1. The van der Waals surface area contributed by atoms with Crippen LogP contribution in [0.5, 0.6) is 0 Å². The van der Waals surface area contributed by atoms with Crippen molar-refractivity contribution in [2.75, 3.05) is 39.6 Å². The van der Waals surface area contributed by atoms with Gasteiger partial charge >= 0.3 is 39.5 Å². The number of esters is 4. The Morgan fingerprint density at radius 3 is 0.701 bits per heavy atom. The highest BCUT2D eigenvalue weighted by Gasteiger charge is 2.30. The van der Waals surface area contributed by atoms with Crippen molar-refractivity contribution < 1.29 is 80.2 Å². The molecule has 0 aliphatic rings. The van der Waals surface area contributed by atoms with Gasteiger partial charge in [0.25, 0.3) is 0 Å². The summed E-state index contributed by atoms with van der Waals surface area (Å²) in [5.74, 6) is 0.0909. The van der Waals surface area contributed by atoms with E-state index < -0.39 is 97.5 Å². The number of aliphatic hydroxyl groups is 1. The minimum Gasteiger partial charge on any atom is -0.462 e. The largest absolute Gasteiger partial charge is 0.472 e. The van der Waals surface area contributed by atoms with Crippen LogP contribution in [0.25, 0.3) is 0 Å². The van der Waals surface area contributed by atoms with Crippen molar-refractivity contribution in [1.82, 2.24) is 0 Å². The number of hydrogen-bond donors (Lipinski definition) is 3. The topological polar surface area (TPSA) is 237 Å². The molecule has 0 saturated carbocycles. The van der Waals surface area contributed by atoms with Crippen molar-refractivity contribution in [1.29, 1.82) is 0 Å². The fraction of sp³-hybridized carbons (Fsp3) is 0.949. The van der Waals surface area contributed by atoms with Gasteiger partial charge < -0.3 is 33.8 Å². The molecule has 0 spiro atoms. The van der Waals surface area contributed by atoms with E-state index in [2.05, 4.69) is 48.5 Å². The summed E-state index contributed by atoms with van der Waals surface area (Å²) in [6, 6.07) is 0. The van der Waals surface area contributed by atoms with E-state index in [-0.39, 0.29) is 25.7 Å². The standard InChI is InChI=1S/C78H152O17P2/c1-8-9-10-11-12-13-14-15-16-17-18-22-25-28-31-38-45-52-59-75(80)88-65-73(94-77(82)61-54-47-39-32-29-26-23-20-19-21-24-27-30-35-42-49-56-69(2)3)67-92-96(84,85)90-63-72(79)64-91-97(86,87)93-68-74(95-78(83)62-55-48-41-34-37-44-51-58-71(6)7)66-89-76(81)60-53-46-40-33-36-43-50-57-70(4)5/h69-74,79H,8-68H2,1-7H3,(H,84,85)(H,86,87)/t72-,73-,74-/m1/s1. The molecule has 0 heterocycles. The Bertz CT molecular complexity index is 1890. The van der Waals surface area contributed by atoms with Gasteiger partial charge in [-0.3, -0.25) is 37.3 Å². The third-order valence-electron chi connectivity index (χ3n) is 18.1. The van der Waals surface area contributed by atoms with Crippen molar-refractivity contribution in [3.05, 3.63) is 0 Å². The monoisotopic (exact) mass is 1420 g/mol. The summed E-state index contributed by atoms with van der Waals surface area (Å²) in [5, 5.41) is 10.6. The predicted octanol–water partition coefficient (Wildman–Crippen LogP) is 23.0. The van der Waals surface area contributed by atoms with Crippen LogP contribution < -0.4 is 0 Å². The van der Waals surface area contributed by atoms with Crippen molar-refractivity contribution >= 4 is 39.5 Å². The van der Waals surface area contributed by atoms with Crippen molar-refractivity contribution in [2.24, 2.45) is 17.8 Å². The first-order valence-corrected chi connectivity index (χ1v) is 43.3. The summed E-state index contributed by atoms with van der Waals surface area (Å²) in [6.07, 6.45) is 55.8. The predicted molar refractivity (Wildman–Crippen MR) is 395 cm³/mol. The molecule has 0 bridgehead atoms. The van der Waals surface area contributed by atoms with Gasteiger partial charge in [0.1, 0.15) is 19.3 Å². The molecule has 0 radical (unpaired) electrons. The number of phosphoric ester groups is 2. The van der Waals surface area contributed by atoms with E-state index in [0.717, 1.165) is 102 Å². The summed E-state index contributed by atoms with van der Waals surface area (Å²) in [6.45, 7) is 11.8. The van der Waals surface area contributed by atoms with Gasteiger partial charge in [-0.05, 0) is 43.4 Å². The van der Waals surface area contributed by atoms with Crippen molar-refractivity contribution in [3.63, 3.8) is 0 Å². The highest BCUT2D eigenvalue weighted by atomic mass is 31.2. The molecule has 2 unspecified atom stereocenters. The highest BCUT2D eigenvalue weighted by Crippen LogP contribution is 2.45. The second kappa shape index (κ2) is 68.5. The van der Waals surface area contributed by atoms with Crippen LogP contribution in [-0.4, -0.2) is 96.7 Å². The average molecular weight is 1420 g/mol. The minimum atomic E-state index is -4.96. The van der Waals surface area contributed by atoms with Crippen LogP contribution in [0.1, 0.15) is 402 Å². The molecule has 0 saturated heterocycles. The molecule has 0 rings (SSSR count). The molecular weight excluding hydrogens is 1270 g/mol. The van der Waals surface area contributed by atoms with E-state index in [0.29, 0.717) is 37.5 Å². The molecule has 97 heavy (non-hydrogen) atoms. The lowest BCUT2D eigenvalue weighted by Gasteiger charge is -2.21. The molecular formula is C78H152O17P2. The second-order valence-corrected chi connectivity index (χ2v) is 32.4. The number of unbranched alkanes of at least 4 members (excludes halogenated alkanes) is 44. The minimum absolute atomic E-state index is 0.103. The van der Waals surface area contributed by atoms with Crippen LogP contribution >= 0.6 is 15.6 Å². The van der Waals surface area contributed by atoms with Crippen LogP contribution in [0.15, 0.2) is 0 Å². The van der Waals surface area contributed by atoms with Crippen LogP contribution in [-0.2, 0) is 65.4 Å². The number of carbonyl (C=O) groups is 4. The lowest BCUT2D eigenvalue weighted by Crippen LogP contribution is -2.30. The van der Waals surface area contributed by atoms with Crippen molar-refractivity contribution in [3.8, 4) is 0 Å². The van der Waals surface area contributed by atoms with Crippen LogP contribution in [0.2, 0.25) is 0 Å². The molecule has 0 fully saturated rings. The maximum Gasteiger partial charge on any atom is 0.472 e. The molecule has 0 aromatic carbocycles. The molecule has 0 aromatic rings. The zero-order chi connectivity index (χ0) is 71.6. The molecule has 0 aliphatic heterocycles. The molecule has 19 heteroatoms. The Morgan fingerprint density at radius 2 is 0.474 bits per heavy atom. The van der Waals surface area contributed by atoms with Gasteiger partial charge in [-0.2, -0.15) is 0 Å². The summed E-state index contributed by atoms with van der Waals surface area (Å²) >= 11 is 0. The molecule has 0 aliphatic carbocycles. The molecule has 0 aromatic heterocycles. The number of carbonyl (C=O) groups excluding carboxylic acids is 4. The lowest BCUT2D eigenvalue weighted by atomic mass is 10.0. The van der Waals surface area contributed by atoms with Crippen LogP contribution in [0, 0.1) is 17.8 Å². The molecule has 0 amide bonds. The van der Waals surface area contributed by atoms with E-state index in [9.17, 15) is 43.2 Å². The van der Waals surface area contributed by atoms with Crippen molar-refractivity contribution in [2.45, 2.75) is 420 Å². The summed E-state index contributed by atoms with van der Waals surface area (Å²) in [7, 11) is -9.91. The van der Waals surface area contributed by atoms with Gasteiger partial charge in [-0.1, -0.05) is 350 Å².